The fourth-order valence-electron chi connectivity index (χ4n) is 1.73. The van der Waals surface area contributed by atoms with Crippen LogP contribution in [0.3, 0.4) is 0 Å². The monoisotopic (exact) mass is 288 g/mol. The van der Waals surface area contributed by atoms with Gasteiger partial charge < -0.3 is 0 Å². The zero-order chi connectivity index (χ0) is 11.7. The minimum Gasteiger partial charge on any atom is -0.262 e. The average Bonchev–Trinajstić information content (AvgIpc) is 2.76. The molecule has 0 aliphatic carbocycles. The molecular weight excluding hydrogens is 280 g/mol. The third-order valence-corrected chi connectivity index (χ3v) is 3.37. The first-order valence-corrected chi connectivity index (χ1v) is 6.00. The SMILES string of the molecule is Brc1ccccc1Cn1nnc2cnccc21. The van der Waals surface area contributed by atoms with Gasteiger partial charge in [0, 0.05) is 10.7 Å². The number of rotatable bonds is 2. The van der Waals surface area contributed by atoms with Crippen LogP contribution in [0.4, 0.5) is 0 Å². The highest BCUT2D eigenvalue weighted by Gasteiger charge is 2.06. The Hall–Kier alpha value is -1.75. The van der Waals surface area contributed by atoms with Gasteiger partial charge in [0.05, 0.1) is 18.3 Å². The van der Waals surface area contributed by atoms with Crippen molar-refractivity contribution < 1.29 is 0 Å². The maximum Gasteiger partial charge on any atom is 0.131 e. The van der Waals surface area contributed by atoms with E-state index >= 15 is 0 Å². The van der Waals surface area contributed by atoms with Gasteiger partial charge in [-0.2, -0.15) is 0 Å². The van der Waals surface area contributed by atoms with E-state index in [0.29, 0.717) is 6.54 Å². The molecule has 0 atom stereocenters. The quantitative estimate of drug-likeness (QED) is 0.728. The summed E-state index contributed by atoms with van der Waals surface area (Å²) in [5, 5.41) is 8.22. The molecule has 2 heterocycles. The molecule has 3 rings (SSSR count). The van der Waals surface area contributed by atoms with Crippen LogP contribution < -0.4 is 0 Å². The molecule has 4 nitrogen and oxygen atoms in total. The molecule has 0 aliphatic rings. The second-order valence-electron chi connectivity index (χ2n) is 3.70. The summed E-state index contributed by atoms with van der Waals surface area (Å²) in [5.74, 6) is 0. The second-order valence-corrected chi connectivity index (χ2v) is 4.56. The summed E-state index contributed by atoms with van der Waals surface area (Å²) in [6.07, 6.45) is 3.47. The van der Waals surface area contributed by atoms with E-state index in [1.165, 1.54) is 5.56 Å². The van der Waals surface area contributed by atoms with Crippen molar-refractivity contribution in [2.75, 3.05) is 0 Å². The lowest BCUT2D eigenvalue weighted by atomic mass is 10.2. The highest BCUT2D eigenvalue weighted by molar-refractivity contribution is 9.10. The fourth-order valence-corrected chi connectivity index (χ4v) is 2.14. The fraction of sp³-hybridized carbons (Fsp3) is 0.0833. The van der Waals surface area contributed by atoms with Crippen molar-refractivity contribution >= 4 is 27.0 Å². The number of halogens is 1. The number of benzene rings is 1. The van der Waals surface area contributed by atoms with Gasteiger partial charge in [0.25, 0.3) is 0 Å². The van der Waals surface area contributed by atoms with Crippen LogP contribution in [0.1, 0.15) is 5.56 Å². The number of hydrogen-bond acceptors (Lipinski definition) is 3. The molecule has 0 unspecified atom stereocenters. The maximum absolute atomic E-state index is 4.14. The minimum absolute atomic E-state index is 0.696. The smallest absolute Gasteiger partial charge is 0.131 e. The average molecular weight is 289 g/mol. The Morgan fingerprint density at radius 1 is 1.18 bits per heavy atom. The molecule has 0 fully saturated rings. The summed E-state index contributed by atoms with van der Waals surface area (Å²) in [5.41, 5.74) is 2.99. The number of pyridine rings is 1. The molecule has 0 amide bonds. The summed E-state index contributed by atoms with van der Waals surface area (Å²) >= 11 is 3.53. The Balaban J connectivity index is 2.03. The minimum atomic E-state index is 0.696. The molecule has 0 N–H and O–H groups in total. The van der Waals surface area contributed by atoms with Crippen molar-refractivity contribution in [1.82, 2.24) is 20.0 Å². The molecule has 5 heteroatoms. The number of hydrogen-bond donors (Lipinski definition) is 0. The van der Waals surface area contributed by atoms with E-state index < -0.39 is 0 Å². The van der Waals surface area contributed by atoms with Gasteiger partial charge in [0.1, 0.15) is 5.52 Å². The van der Waals surface area contributed by atoms with Crippen molar-refractivity contribution in [3.63, 3.8) is 0 Å². The zero-order valence-corrected chi connectivity index (χ0v) is 10.5. The van der Waals surface area contributed by atoms with Crippen LogP contribution in [0.15, 0.2) is 47.2 Å². The Morgan fingerprint density at radius 3 is 2.94 bits per heavy atom. The third kappa shape index (κ3) is 1.93. The highest BCUT2D eigenvalue weighted by atomic mass is 79.9. The number of aromatic nitrogens is 4. The largest absolute Gasteiger partial charge is 0.262 e. The van der Waals surface area contributed by atoms with Crippen LogP contribution in [-0.2, 0) is 6.54 Å². The normalized spacial score (nSPS) is 10.9. The number of nitrogens with zero attached hydrogens (tertiary/aromatic N) is 4. The molecule has 0 spiro atoms. The van der Waals surface area contributed by atoms with Crippen molar-refractivity contribution in [3.05, 3.63) is 52.8 Å². The maximum atomic E-state index is 4.14. The van der Waals surface area contributed by atoms with E-state index in [0.717, 1.165) is 15.5 Å². The Kier molecular flexibility index (Phi) is 2.60. The zero-order valence-electron chi connectivity index (χ0n) is 8.92. The lowest BCUT2D eigenvalue weighted by Crippen LogP contribution is -2.02. The summed E-state index contributed by atoms with van der Waals surface area (Å²) < 4.78 is 2.95. The summed E-state index contributed by atoms with van der Waals surface area (Å²) in [7, 11) is 0. The van der Waals surface area contributed by atoms with E-state index in [9.17, 15) is 0 Å². The molecule has 0 saturated heterocycles. The van der Waals surface area contributed by atoms with Crippen molar-refractivity contribution in [3.8, 4) is 0 Å². The van der Waals surface area contributed by atoms with Crippen LogP contribution in [0.2, 0.25) is 0 Å². The highest BCUT2D eigenvalue weighted by Crippen LogP contribution is 2.18. The first kappa shape index (κ1) is 10.4. The second kappa shape index (κ2) is 4.25. The van der Waals surface area contributed by atoms with Crippen molar-refractivity contribution in [2.45, 2.75) is 6.54 Å². The molecule has 2 aromatic heterocycles. The van der Waals surface area contributed by atoms with E-state index in [4.69, 9.17) is 0 Å². The topological polar surface area (TPSA) is 43.6 Å². The van der Waals surface area contributed by atoms with Crippen molar-refractivity contribution in [2.24, 2.45) is 0 Å². The van der Waals surface area contributed by atoms with Crippen LogP contribution in [0.25, 0.3) is 11.0 Å². The predicted molar refractivity (Wildman–Crippen MR) is 68.6 cm³/mol. The third-order valence-electron chi connectivity index (χ3n) is 2.59. The lowest BCUT2D eigenvalue weighted by Gasteiger charge is -2.04. The van der Waals surface area contributed by atoms with Gasteiger partial charge in [-0.05, 0) is 17.7 Å². The Bertz CT molecular complexity index is 662. The van der Waals surface area contributed by atoms with E-state index in [2.05, 4.69) is 37.3 Å². The van der Waals surface area contributed by atoms with Crippen LogP contribution in [-0.4, -0.2) is 20.0 Å². The first-order chi connectivity index (χ1) is 8.34. The van der Waals surface area contributed by atoms with Gasteiger partial charge >= 0.3 is 0 Å². The van der Waals surface area contributed by atoms with Gasteiger partial charge in [-0.3, -0.25) is 4.98 Å². The summed E-state index contributed by atoms with van der Waals surface area (Å²) in [6, 6.07) is 10.0. The molecule has 3 aromatic rings. The molecule has 0 saturated carbocycles. The van der Waals surface area contributed by atoms with Crippen LogP contribution >= 0.6 is 15.9 Å². The molecule has 17 heavy (non-hydrogen) atoms. The van der Waals surface area contributed by atoms with Crippen molar-refractivity contribution in [1.29, 1.82) is 0 Å². The molecule has 1 aromatic carbocycles. The lowest BCUT2D eigenvalue weighted by molar-refractivity contribution is 0.668. The standard InChI is InChI=1S/C12H9BrN4/c13-10-4-2-1-3-9(10)8-17-12-5-6-14-7-11(12)15-16-17/h1-7H,8H2. The number of fused-ring (bicyclic) bond motifs is 1. The van der Waals surface area contributed by atoms with E-state index in [1.807, 2.05) is 28.9 Å². The van der Waals surface area contributed by atoms with E-state index in [1.54, 1.807) is 12.4 Å². The van der Waals surface area contributed by atoms with Gasteiger partial charge in [0.2, 0.25) is 0 Å². The first-order valence-electron chi connectivity index (χ1n) is 5.21. The summed E-state index contributed by atoms with van der Waals surface area (Å²) in [4.78, 5) is 4.03. The predicted octanol–water partition coefficient (Wildman–Crippen LogP) is 2.64. The van der Waals surface area contributed by atoms with E-state index in [-0.39, 0.29) is 0 Å². The molecule has 0 bridgehead atoms. The van der Waals surface area contributed by atoms with Crippen LogP contribution in [0, 0.1) is 0 Å². The molecule has 0 aliphatic heterocycles. The molecule has 84 valence electrons. The Labute approximate surface area is 106 Å². The Morgan fingerprint density at radius 2 is 2.06 bits per heavy atom. The van der Waals surface area contributed by atoms with Gasteiger partial charge in [-0.15, -0.1) is 5.10 Å². The summed E-state index contributed by atoms with van der Waals surface area (Å²) in [6.45, 7) is 0.696. The molecule has 0 radical (unpaired) electrons. The van der Waals surface area contributed by atoms with Gasteiger partial charge in [-0.25, -0.2) is 4.68 Å². The van der Waals surface area contributed by atoms with Gasteiger partial charge in [-0.1, -0.05) is 39.3 Å². The van der Waals surface area contributed by atoms with Gasteiger partial charge in [0.15, 0.2) is 0 Å². The van der Waals surface area contributed by atoms with Crippen LogP contribution in [0.5, 0.6) is 0 Å². The molecular formula is C12H9BrN4.